The second-order valence-corrected chi connectivity index (χ2v) is 7.14. The molecular formula is C14H28N2OS. The van der Waals surface area contributed by atoms with E-state index in [1.807, 2.05) is 0 Å². The topological polar surface area (TPSA) is 24.5 Å². The highest BCUT2D eigenvalue weighted by atomic mass is 32.2. The zero-order valence-electron chi connectivity index (χ0n) is 11.9. The molecule has 4 heteroatoms. The van der Waals surface area contributed by atoms with Crippen LogP contribution >= 0.6 is 11.8 Å². The molecule has 2 aliphatic heterocycles. The lowest BCUT2D eigenvalue weighted by Crippen LogP contribution is -2.49. The molecule has 0 radical (unpaired) electrons. The van der Waals surface area contributed by atoms with Gasteiger partial charge in [-0.15, -0.1) is 0 Å². The van der Waals surface area contributed by atoms with Crippen molar-refractivity contribution >= 4 is 11.8 Å². The molecule has 0 bridgehead atoms. The van der Waals surface area contributed by atoms with E-state index in [2.05, 4.69) is 35.8 Å². The van der Waals surface area contributed by atoms with Gasteiger partial charge in [0.15, 0.2) is 0 Å². The van der Waals surface area contributed by atoms with Crippen LogP contribution in [-0.2, 0) is 4.74 Å². The van der Waals surface area contributed by atoms with Gasteiger partial charge in [0.25, 0.3) is 0 Å². The zero-order valence-corrected chi connectivity index (χ0v) is 12.7. The molecule has 2 fully saturated rings. The summed E-state index contributed by atoms with van der Waals surface area (Å²) in [6, 6.07) is 0.644. The molecule has 0 spiro atoms. The summed E-state index contributed by atoms with van der Waals surface area (Å²) in [5.74, 6) is 1.35. The van der Waals surface area contributed by atoms with Crippen LogP contribution in [-0.4, -0.2) is 60.8 Å². The second kappa shape index (κ2) is 7.73. The van der Waals surface area contributed by atoms with Gasteiger partial charge in [-0.1, -0.05) is 6.42 Å². The van der Waals surface area contributed by atoms with Gasteiger partial charge in [-0.3, -0.25) is 4.90 Å². The molecular weight excluding hydrogens is 244 g/mol. The Morgan fingerprint density at radius 1 is 1.33 bits per heavy atom. The van der Waals surface area contributed by atoms with Crippen LogP contribution in [0.3, 0.4) is 0 Å². The first-order valence-electron chi connectivity index (χ1n) is 7.43. The van der Waals surface area contributed by atoms with Gasteiger partial charge < -0.3 is 10.1 Å². The number of hydrogen-bond acceptors (Lipinski definition) is 4. The maximum absolute atomic E-state index is 5.84. The van der Waals surface area contributed by atoms with Gasteiger partial charge in [0.1, 0.15) is 0 Å². The van der Waals surface area contributed by atoms with E-state index in [-0.39, 0.29) is 0 Å². The van der Waals surface area contributed by atoms with Gasteiger partial charge in [-0.05, 0) is 32.4 Å². The van der Waals surface area contributed by atoms with Crippen molar-refractivity contribution in [1.82, 2.24) is 10.2 Å². The summed E-state index contributed by atoms with van der Waals surface area (Å²) >= 11 is 2.14. The highest BCUT2D eigenvalue weighted by Crippen LogP contribution is 2.24. The quantitative estimate of drug-likeness (QED) is 0.827. The normalized spacial score (nSPS) is 30.8. The average molecular weight is 272 g/mol. The second-order valence-electron chi connectivity index (χ2n) is 5.73. The smallest absolute Gasteiger partial charge is 0.0826 e. The molecule has 2 unspecified atom stereocenters. The summed E-state index contributed by atoms with van der Waals surface area (Å²) in [5.41, 5.74) is 0. The Bertz CT molecular complexity index is 232. The first kappa shape index (κ1) is 14.6. The van der Waals surface area contributed by atoms with E-state index < -0.39 is 0 Å². The SMILES string of the molecule is CC(C)N1CCOC(CNCC2CCCCS2)C1. The highest BCUT2D eigenvalue weighted by Gasteiger charge is 2.22. The number of nitrogens with one attached hydrogen (secondary N) is 1. The van der Waals surface area contributed by atoms with Crippen molar-refractivity contribution in [1.29, 1.82) is 0 Å². The number of nitrogens with zero attached hydrogens (tertiary/aromatic N) is 1. The Balaban J connectivity index is 1.60. The molecule has 0 aromatic rings. The van der Waals surface area contributed by atoms with Gasteiger partial charge in [0, 0.05) is 37.5 Å². The number of thioether (sulfide) groups is 1. The van der Waals surface area contributed by atoms with Crippen molar-refractivity contribution < 1.29 is 4.74 Å². The van der Waals surface area contributed by atoms with Crippen molar-refractivity contribution in [2.24, 2.45) is 0 Å². The van der Waals surface area contributed by atoms with Crippen molar-refractivity contribution in [3.63, 3.8) is 0 Å². The molecule has 0 aromatic heterocycles. The van der Waals surface area contributed by atoms with E-state index in [1.165, 1.54) is 25.0 Å². The third-order valence-corrected chi connectivity index (χ3v) is 5.32. The summed E-state index contributed by atoms with van der Waals surface area (Å²) in [6.07, 6.45) is 4.60. The Hall–Kier alpha value is 0.230. The lowest BCUT2D eigenvalue weighted by atomic mass is 10.2. The number of ether oxygens (including phenoxy) is 1. The predicted octanol–water partition coefficient (Wildman–Crippen LogP) is 1.97. The van der Waals surface area contributed by atoms with E-state index in [9.17, 15) is 0 Å². The Kier molecular flexibility index (Phi) is 6.29. The van der Waals surface area contributed by atoms with E-state index in [1.54, 1.807) is 0 Å². The molecule has 0 saturated carbocycles. The van der Waals surface area contributed by atoms with E-state index in [0.717, 1.165) is 38.0 Å². The summed E-state index contributed by atoms with van der Waals surface area (Å²) in [5, 5.41) is 4.45. The first-order chi connectivity index (χ1) is 8.75. The Labute approximate surface area is 116 Å². The third kappa shape index (κ3) is 4.72. The average Bonchev–Trinajstić information content (AvgIpc) is 2.40. The highest BCUT2D eigenvalue weighted by molar-refractivity contribution is 7.99. The number of rotatable bonds is 5. The Morgan fingerprint density at radius 2 is 2.22 bits per heavy atom. The molecule has 2 aliphatic rings. The molecule has 2 heterocycles. The van der Waals surface area contributed by atoms with Crippen LogP contribution in [0, 0.1) is 0 Å². The van der Waals surface area contributed by atoms with Crippen LogP contribution in [0.2, 0.25) is 0 Å². The summed E-state index contributed by atoms with van der Waals surface area (Å²) in [4.78, 5) is 2.52. The van der Waals surface area contributed by atoms with E-state index in [4.69, 9.17) is 4.74 Å². The fraction of sp³-hybridized carbons (Fsp3) is 1.00. The van der Waals surface area contributed by atoms with Crippen LogP contribution in [0.1, 0.15) is 33.1 Å². The third-order valence-electron chi connectivity index (χ3n) is 3.92. The van der Waals surface area contributed by atoms with Gasteiger partial charge in [0.2, 0.25) is 0 Å². The molecule has 0 aliphatic carbocycles. The minimum absolute atomic E-state index is 0.384. The molecule has 0 aromatic carbocycles. The van der Waals surface area contributed by atoms with Crippen molar-refractivity contribution in [3.8, 4) is 0 Å². The van der Waals surface area contributed by atoms with Crippen molar-refractivity contribution in [2.45, 2.75) is 50.5 Å². The number of morpholine rings is 1. The molecule has 1 N–H and O–H groups in total. The minimum atomic E-state index is 0.384. The monoisotopic (exact) mass is 272 g/mol. The van der Waals surface area contributed by atoms with E-state index in [0.29, 0.717) is 12.1 Å². The summed E-state index contributed by atoms with van der Waals surface area (Å²) in [7, 11) is 0. The maximum atomic E-state index is 5.84. The Morgan fingerprint density at radius 3 is 2.94 bits per heavy atom. The summed E-state index contributed by atoms with van der Waals surface area (Å²) in [6.45, 7) is 9.78. The van der Waals surface area contributed by atoms with Crippen LogP contribution in [0.5, 0.6) is 0 Å². The van der Waals surface area contributed by atoms with Gasteiger partial charge in [0.05, 0.1) is 12.7 Å². The first-order valence-corrected chi connectivity index (χ1v) is 8.48. The van der Waals surface area contributed by atoms with E-state index >= 15 is 0 Å². The molecule has 2 atom stereocenters. The standard InChI is InChI=1S/C14H28N2OS/c1-12(2)16-6-7-17-13(11-16)9-15-10-14-5-3-4-8-18-14/h12-15H,3-11H2,1-2H3. The van der Waals surface area contributed by atoms with Gasteiger partial charge in [-0.25, -0.2) is 0 Å². The van der Waals surface area contributed by atoms with Gasteiger partial charge >= 0.3 is 0 Å². The molecule has 3 nitrogen and oxygen atoms in total. The predicted molar refractivity (Wildman–Crippen MR) is 79.4 cm³/mol. The maximum Gasteiger partial charge on any atom is 0.0826 e. The molecule has 106 valence electrons. The van der Waals surface area contributed by atoms with Crippen LogP contribution in [0.25, 0.3) is 0 Å². The van der Waals surface area contributed by atoms with Crippen LogP contribution < -0.4 is 5.32 Å². The van der Waals surface area contributed by atoms with Crippen LogP contribution in [0.15, 0.2) is 0 Å². The van der Waals surface area contributed by atoms with Crippen LogP contribution in [0.4, 0.5) is 0 Å². The van der Waals surface area contributed by atoms with Gasteiger partial charge in [-0.2, -0.15) is 11.8 Å². The lowest BCUT2D eigenvalue weighted by molar-refractivity contribution is -0.0370. The molecule has 2 rings (SSSR count). The van der Waals surface area contributed by atoms with Crippen molar-refractivity contribution in [2.75, 3.05) is 38.5 Å². The van der Waals surface area contributed by atoms with Crippen molar-refractivity contribution in [3.05, 3.63) is 0 Å². The summed E-state index contributed by atoms with van der Waals surface area (Å²) < 4.78 is 5.84. The molecule has 2 saturated heterocycles. The zero-order chi connectivity index (χ0) is 12.8. The molecule has 18 heavy (non-hydrogen) atoms. The largest absolute Gasteiger partial charge is 0.374 e. The minimum Gasteiger partial charge on any atom is -0.374 e. The lowest BCUT2D eigenvalue weighted by Gasteiger charge is -2.35. The number of hydrogen-bond donors (Lipinski definition) is 1. The fourth-order valence-electron chi connectivity index (χ4n) is 2.71. The molecule has 0 amide bonds. The fourth-order valence-corrected chi connectivity index (χ4v) is 3.98.